The molecular weight excluding hydrogens is 176 g/mol. The summed E-state index contributed by atoms with van der Waals surface area (Å²) in [4.78, 5) is 20.3. The van der Waals surface area contributed by atoms with Gasteiger partial charge < -0.3 is 11.5 Å². The van der Waals surface area contributed by atoms with Gasteiger partial charge in [0.05, 0.1) is 11.9 Å². The molecule has 13 heavy (non-hydrogen) atoms. The van der Waals surface area contributed by atoms with Gasteiger partial charge in [0.2, 0.25) is 0 Å². The molecule has 0 aliphatic heterocycles. The number of nitrogens with two attached hydrogens (primary N) is 2. The Bertz CT molecular complexity index is 258. The summed E-state index contributed by atoms with van der Waals surface area (Å²) in [5.74, 6) is 0. The van der Waals surface area contributed by atoms with Gasteiger partial charge >= 0.3 is 12.1 Å². The van der Waals surface area contributed by atoms with Crippen molar-refractivity contribution in [2.75, 3.05) is 0 Å². The van der Waals surface area contributed by atoms with E-state index in [2.05, 4.69) is 10.2 Å². The van der Waals surface area contributed by atoms with Gasteiger partial charge in [0.1, 0.15) is 0 Å². The molecule has 6 N–H and O–H groups in total. The predicted molar refractivity (Wildman–Crippen MR) is 47.0 cm³/mol. The van der Waals surface area contributed by atoms with E-state index in [0.717, 1.165) is 0 Å². The van der Waals surface area contributed by atoms with Crippen LogP contribution >= 0.6 is 0 Å². The SMILES string of the molecule is CC(/C=N\NC(N)=O)=NNC(N)=O. The number of nitrogens with one attached hydrogen (secondary N) is 2. The number of amides is 4. The maximum absolute atomic E-state index is 10.2. The number of hydrogen-bond donors (Lipinski definition) is 4. The van der Waals surface area contributed by atoms with Crippen molar-refractivity contribution in [2.45, 2.75) is 6.92 Å². The number of nitrogens with zero attached hydrogens (tertiary/aromatic N) is 2. The molecule has 0 unspecified atom stereocenters. The fraction of sp³-hybridized carbons (Fsp3) is 0.200. The molecule has 0 radical (unpaired) electrons. The molecule has 0 spiro atoms. The van der Waals surface area contributed by atoms with Crippen LogP contribution in [0.25, 0.3) is 0 Å². The number of hydrazone groups is 2. The van der Waals surface area contributed by atoms with Crippen LogP contribution in [0.2, 0.25) is 0 Å². The van der Waals surface area contributed by atoms with E-state index in [-0.39, 0.29) is 0 Å². The van der Waals surface area contributed by atoms with Crippen LogP contribution in [0.4, 0.5) is 9.59 Å². The van der Waals surface area contributed by atoms with Gasteiger partial charge in [-0.05, 0) is 6.92 Å². The molecule has 8 nitrogen and oxygen atoms in total. The smallest absolute Gasteiger partial charge is 0.332 e. The Labute approximate surface area is 74.0 Å². The van der Waals surface area contributed by atoms with E-state index < -0.39 is 12.1 Å². The van der Waals surface area contributed by atoms with Crippen LogP contribution in [-0.4, -0.2) is 24.0 Å². The maximum atomic E-state index is 10.2. The third kappa shape index (κ3) is 7.78. The summed E-state index contributed by atoms with van der Waals surface area (Å²) in [7, 11) is 0. The Morgan fingerprint density at radius 2 is 1.77 bits per heavy atom. The highest BCUT2D eigenvalue weighted by molar-refractivity contribution is 6.29. The van der Waals surface area contributed by atoms with Gasteiger partial charge in [-0.25, -0.2) is 20.4 Å². The second-order valence-corrected chi connectivity index (χ2v) is 1.96. The first-order valence-electron chi connectivity index (χ1n) is 3.20. The lowest BCUT2D eigenvalue weighted by molar-refractivity contribution is 0.248. The molecule has 72 valence electrons. The molecule has 4 amide bonds. The highest BCUT2D eigenvalue weighted by Gasteiger charge is 1.89. The normalized spacial score (nSPS) is 11.3. The largest absolute Gasteiger partial charge is 0.350 e. The van der Waals surface area contributed by atoms with Crippen LogP contribution in [0, 0.1) is 0 Å². The van der Waals surface area contributed by atoms with Gasteiger partial charge in [0, 0.05) is 0 Å². The van der Waals surface area contributed by atoms with Crippen molar-refractivity contribution in [1.82, 2.24) is 10.9 Å². The third-order valence-corrected chi connectivity index (χ3v) is 0.769. The lowest BCUT2D eigenvalue weighted by Crippen LogP contribution is -2.26. The van der Waals surface area contributed by atoms with E-state index in [1.54, 1.807) is 6.92 Å². The van der Waals surface area contributed by atoms with Gasteiger partial charge in [0.15, 0.2) is 0 Å². The van der Waals surface area contributed by atoms with Gasteiger partial charge in [-0.15, -0.1) is 0 Å². The molecule has 8 heteroatoms. The van der Waals surface area contributed by atoms with Crippen molar-refractivity contribution in [3.63, 3.8) is 0 Å². The second-order valence-electron chi connectivity index (χ2n) is 1.96. The number of rotatable bonds is 3. The van der Waals surface area contributed by atoms with Crippen molar-refractivity contribution in [2.24, 2.45) is 21.7 Å². The highest BCUT2D eigenvalue weighted by Crippen LogP contribution is 1.69. The van der Waals surface area contributed by atoms with E-state index in [1.807, 2.05) is 10.9 Å². The zero-order chi connectivity index (χ0) is 10.3. The second kappa shape index (κ2) is 5.52. The fourth-order valence-corrected chi connectivity index (χ4v) is 0.361. The van der Waals surface area contributed by atoms with Crippen LogP contribution in [0.1, 0.15) is 6.92 Å². The van der Waals surface area contributed by atoms with Crippen molar-refractivity contribution in [3.05, 3.63) is 0 Å². The molecule has 0 heterocycles. The minimum Gasteiger partial charge on any atom is -0.350 e. The van der Waals surface area contributed by atoms with Crippen LogP contribution in [-0.2, 0) is 0 Å². The first-order valence-corrected chi connectivity index (χ1v) is 3.20. The average molecular weight is 186 g/mol. The summed E-state index contributed by atoms with van der Waals surface area (Å²) in [6.45, 7) is 1.54. The van der Waals surface area contributed by atoms with Crippen LogP contribution in [0.3, 0.4) is 0 Å². The summed E-state index contributed by atoms with van der Waals surface area (Å²) in [5.41, 5.74) is 13.7. The number of urea groups is 2. The van der Waals surface area contributed by atoms with E-state index in [0.29, 0.717) is 5.71 Å². The Balaban J connectivity index is 3.91. The predicted octanol–water partition coefficient (Wildman–Crippen LogP) is -1.32. The molecule has 0 rings (SSSR count). The third-order valence-electron chi connectivity index (χ3n) is 0.769. The molecule has 0 saturated carbocycles. The number of hydrogen-bond acceptors (Lipinski definition) is 4. The number of primary amides is 2. The Hall–Kier alpha value is -2.12. The van der Waals surface area contributed by atoms with Gasteiger partial charge in [-0.3, -0.25) is 0 Å². The van der Waals surface area contributed by atoms with Crippen LogP contribution in [0.5, 0.6) is 0 Å². The Kier molecular flexibility index (Phi) is 4.62. The minimum atomic E-state index is -0.785. The topological polar surface area (TPSA) is 135 Å². The van der Waals surface area contributed by atoms with Gasteiger partial charge in [-0.2, -0.15) is 10.2 Å². The summed E-state index contributed by atoms with van der Waals surface area (Å²) in [6, 6.07) is -1.57. The van der Waals surface area contributed by atoms with Crippen LogP contribution < -0.4 is 22.3 Å². The quantitative estimate of drug-likeness (QED) is 0.321. The molecule has 0 aromatic heterocycles. The number of carbonyl (C=O) groups excluding carboxylic acids is 2. The van der Waals surface area contributed by atoms with Gasteiger partial charge in [0.25, 0.3) is 0 Å². The van der Waals surface area contributed by atoms with Crippen molar-refractivity contribution < 1.29 is 9.59 Å². The first kappa shape index (κ1) is 10.9. The minimum absolute atomic E-state index is 0.354. The summed E-state index contributed by atoms with van der Waals surface area (Å²) < 4.78 is 0. The lowest BCUT2D eigenvalue weighted by Gasteiger charge is -1.93. The molecule has 0 fully saturated rings. The lowest BCUT2D eigenvalue weighted by atomic mass is 10.5. The molecule has 0 atom stereocenters. The summed E-state index contributed by atoms with van der Waals surface area (Å²) in [6.07, 6.45) is 1.20. The number of carbonyl (C=O) groups is 2. The highest BCUT2D eigenvalue weighted by atomic mass is 16.2. The Morgan fingerprint density at radius 1 is 1.23 bits per heavy atom. The van der Waals surface area contributed by atoms with Crippen molar-refractivity contribution >= 4 is 24.0 Å². The Morgan fingerprint density at radius 3 is 2.23 bits per heavy atom. The van der Waals surface area contributed by atoms with Crippen LogP contribution in [0.15, 0.2) is 10.2 Å². The van der Waals surface area contributed by atoms with E-state index >= 15 is 0 Å². The summed E-state index contributed by atoms with van der Waals surface area (Å²) >= 11 is 0. The zero-order valence-corrected chi connectivity index (χ0v) is 6.94. The zero-order valence-electron chi connectivity index (χ0n) is 6.94. The monoisotopic (exact) mass is 186 g/mol. The van der Waals surface area contributed by atoms with E-state index in [4.69, 9.17) is 11.5 Å². The fourth-order valence-electron chi connectivity index (χ4n) is 0.361. The molecule has 0 aromatic carbocycles. The van der Waals surface area contributed by atoms with Crippen molar-refractivity contribution in [1.29, 1.82) is 0 Å². The van der Waals surface area contributed by atoms with E-state index in [1.165, 1.54) is 6.21 Å². The van der Waals surface area contributed by atoms with E-state index in [9.17, 15) is 9.59 Å². The molecule has 0 aliphatic rings. The maximum Gasteiger partial charge on any atom is 0.332 e. The first-order chi connectivity index (χ1) is 6.02. The molecule has 0 aromatic rings. The standard InChI is InChI=1S/C5H10N6O2/c1-3(9-11-5(7)13)2-8-10-4(6)12/h2H,1H3,(H3,6,10,12)(H3,7,11,13)/b8-2-,9-3?. The molecular formula is C5H10N6O2. The van der Waals surface area contributed by atoms with Gasteiger partial charge in [-0.1, -0.05) is 0 Å². The molecule has 0 aliphatic carbocycles. The molecule has 0 bridgehead atoms. The summed E-state index contributed by atoms with van der Waals surface area (Å²) in [5, 5.41) is 6.85. The van der Waals surface area contributed by atoms with Crippen molar-refractivity contribution in [3.8, 4) is 0 Å². The average Bonchev–Trinajstić information content (AvgIpc) is 2.00. The molecule has 0 saturated heterocycles.